The van der Waals surface area contributed by atoms with E-state index in [0.29, 0.717) is 35.0 Å². The summed E-state index contributed by atoms with van der Waals surface area (Å²) in [6.45, 7) is 5.78. The van der Waals surface area contributed by atoms with Crippen LogP contribution >= 0.6 is 0 Å². The van der Waals surface area contributed by atoms with Gasteiger partial charge in [0.1, 0.15) is 6.17 Å². The first-order valence-electron chi connectivity index (χ1n) is 13.1. The topological polar surface area (TPSA) is 109 Å². The summed E-state index contributed by atoms with van der Waals surface area (Å²) in [5.74, 6) is 0.103. The molecular formula is C28H29FN6O3. The molecule has 2 atom stereocenters. The maximum atomic E-state index is 13.4. The third-order valence-electron chi connectivity index (χ3n) is 8.45. The lowest BCUT2D eigenvalue weighted by Crippen LogP contribution is -2.68. The van der Waals surface area contributed by atoms with Crippen LogP contribution in [0, 0.1) is 12.3 Å². The Morgan fingerprint density at radius 2 is 2.05 bits per heavy atom. The Balaban J connectivity index is 1.09. The number of nitrogens with zero attached hydrogens (tertiary/aromatic N) is 5. The SMILES string of the molecule is CCC1(O)CC2(CN(c3ccn4ncc(C(=O)Nc5cc(-c6noc([C@H]7C[C@@H]7F)n6)ccc5C)c4c3)C2)C1. The second kappa shape index (κ2) is 8.10. The van der Waals surface area contributed by atoms with E-state index in [1.807, 2.05) is 44.3 Å². The number of carbonyl (C=O) groups is 1. The van der Waals surface area contributed by atoms with E-state index < -0.39 is 11.8 Å². The van der Waals surface area contributed by atoms with Gasteiger partial charge in [-0.15, -0.1) is 0 Å². The summed E-state index contributed by atoms with van der Waals surface area (Å²) in [6, 6.07) is 9.54. The highest BCUT2D eigenvalue weighted by atomic mass is 19.1. The molecule has 38 heavy (non-hydrogen) atoms. The molecular weight excluding hydrogens is 487 g/mol. The summed E-state index contributed by atoms with van der Waals surface area (Å²) in [4.78, 5) is 20.0. The summed E-state index contributed by atoms with van der Waals surface area (Å²) in [7, 11) is 0. The van der Waals surface area contributed by atoms with E-state index in [0.717, 1.165) is 49.1 Å². The van der Waals surface area contributed by atoms with Gasteiger partial charge in [0.25, 0.3) is 5.91 Å². The lowest BCUT2D eigenvalue weighted by Gasteiger charge is -2.63. The molecule has 3 aromatic heterocycles. The molecule has 196 valence electrons. The molecule has 2 aliphatic carbocycles. The highest BCUT2D eigenvalue weighted by molar-refractivity contribution is 6.09. The molecule has 0 unspecified atom stereocenters. The summed E-state index contributed by atoms with van der Waals surface area (Å²) in [6.07, 6.45) is 5.47. The highest BCUT2D eigenvalue weighted by Gasteiger charge is 2.58. The average molecular weight is 517 g/mol. The Morgan fingerprint density at radius 1 is 1.26 bits per heavy atom. The average Bonchev–Trinajstić information content (AvgIpc) is 3.24. The molecule has 0 bridgehead atoms. The van der Waals surface area contributed by atoms with E-state index in [4.69, 9.17) is 4.52 Å². The molecule has 1 amide bonds. The first-order valence-corrected chi connectivity index (χ1v) is 13.1. The number of anilines is 2. The molecule has 1 saturated heterocycles. The molecule has 3 aliphatic rings. The van der Waals surface area contributed by atoms with Crippen molar-refractivity contribution in [3.63, 3.8) is 0 Å². The van der Waals surface area contributed by atoms with Crippen molar-refractivity contribution in [3.05, 3.63) is 59.7 Å². The van der Waals surface area contributed by atoms with Gasteiger partial charge in [0.05, 0.1) is 28.8 Å². The number of hydrogen-bond acceptors (Lipinski definition) is 7. The molecule has 10 heteroatoms. The van der Waals surface area contributed by atoms with E-state index in [9.17, 15) is 14.3 Å². The van der Waals surface area contributed by atoms with Gasteiger partial charge in [-0.2, -0.15) is 10.1 Å². The molecule has 4 heterocycles. The number of rotatable bonds is 6. The van der Waals surface area contributed by atoms with Crippen molar-refractivity contribution in [1.29, 1.82) is 0 Å². The third kappa shape index (κ3) is 3.77. The molecule has 7 rings (SSSR count). The van der Waals surface area contributed by atoms with Gasteiger partial charge in [-0.25, -0.2) is 8.91 Å². The number of halogens is 1. The van der Waals surface area contributed by atoms with E-state index in [2.05, 4.69) is 25.5 Å². The number of aliphatic hydroxyl groups is 1. The quantitative estimate of drug-likeness (QED) is 0.388. The fraction of sp³-hybridized carbons (Fsp3) is 0.429. The Kier molecular flexibility index (Phi) is 4.98. The number of pyridine rings is 1. The van der Waals surface area contributed by atoms with Gasteiger partial charge in [-0.05, 0) is 56.4 Å². The van der Waals surface area contributed by atoms with Crippen LogP contribution in [0.4, 0.5) is 15.8 Å². The minimum absolute atomic E-state index is 0.214. The van der Waals surface area contributed by atoms with Crippen LogP contribution in [0.3, 0.4) is 0 Å². The summed E-state index contributed by atoms with van der Waals surface area (Å²) in [5, 5.41) is 21.8. The van der Waals surface area contributed by atoms with Crippen molar-refractivity contribution >= 4 is 22.8 Å². The van der Waals surface area contributed by atoms with Crippen LogP contribution in [-0.2, 0) is 0 Å². The maximum absolute atomic E-state index is 13.4. The number of aryl methyl sites for hydroxylation is 1. The zero-order chi connectivity index (χ0) is 26.2. The molecule has 9 nitrogen and oxygen atoms in total. The predicted molar refractivity (Wildman–Crippen MR) is 139 cm³/mol. The maximum Gasteiger partial charge on any atom is 0.259 e. The Morgan fingerprint density at radius 3 is 2.79 bits per heavy atom. The largest absolute Gasteiger partial charge is 0.390 e. The lowest BCUT2D eigenvalue weighted by molar-refractivity contribution is -0.141. The van der Waals surface area contributed by atoms with Crippen LogP contribution in [0.25, 0.3) is 16.9 Å². The number of fused-ring (bicyclic) bond motifs is 1. The van der Waals surface area contributed by atoms with Crippen molar-refractivity contribution in [1.82, 2.24) is 19.8 Å². The molecule has 0 radical (unpaired) electrons. The standard InChI is InChI=1S/C28H29FN6O3/c1-3-28(37)12-27(13-28)14-34(15-27)18-6-7-35-23(9-18)20(11-30-35)25(36)31-22-8-17(5-4-16(22)2)24-32-26(38-33-24)19-10-21(19)29/h4-9,11,19,21,37H,3,10,12-15H2,1-2H3,(H,31,36)/t19-,21-/m0/s1. The van der Waals surface area contributed by atoms with E-state index in [1.54, 1.807) is 16.8 Å². The second-order valence-corrected chi connectivity index (χ2v) is 11.4. The number of carbonyl (C=O) groups excluding carboxylic acids is 1. The summed E-state index contributed by atoms with van der Waals surface area (Å²) < 4.78 is 20.3. The van der Waals surface area contributed by atoms with E-state index in [1.165, 1.54) is 0 Å². The van der Waals surface area contributed by atoms with Gasteiger partial charge in [-0.3, -0.25) is 4.79 Å². The predicted octanol–water partition coefficient (Wildman–Crippen LogP) is 4.51. The fourth-order valence-corrected chi connectivity index (χ4v) is 6.11. The van der Waals surface area contributed by atoms with Crippen molar-refractivity contribution < 1.29 is 18.8 Å². The van der Waals surface area contributed by atoms with Crippen LogP contribution < -0.4 is 10.2 Å². The van der Waals surface area contributed by atoms with Crippen LogP contribution in [-0.4, -0.2) is 55.6 Å². The molecule has 1 aromatic carbocycles. The number of aromatic nitrogens is 4. The number of hydrogen-bond donors (Lipinski definition) is 2. The monoisotopic (exact) mass is 516 g/mol. The zero-order valence-corrected chi connectivity index (χ0v) is 21.3. The van der Waals surface area contributed by atoms with Gasteiger partial charge in [0.15, 0.2) is 0 Å². The van der Waals surface area contributed by atoms with Gasteiger partial charge in [0.2, 0.25) is 11.7 Å². The van der Waals surface area contributed by atoms with Crippen molar-refractivity contribution in [3.8, 4) is 11.4 Å². The van der Waals surface area contributed by atoms with Gasteiger partial charge < -0.3 is 19.8 Å². The fourth-order valence-electron chi connectivity index (χ4n) is 6.11. The number of benzene rings is 1. The number of alkyl halides is 1. The Hall–Kier alpha value is -3.79. The van der Waals surface area contributed by atoms with Crippen LogP contribution in [0.5, 0.6) is 0 Å². The minimum atomic E-state index is -0.913. The number of amides is 1. The first kappa shape index (κ1) is 23.3. The molecule has 1 aliphatic heterocycles. The van der Waals surface area contributed by atoms with Crippen LogP contribution in [0.1, 0.15) is 60.3 Å². The Labute approximate surface area is 218 Å². The minimum Gasteiger partial charge on any atom is -0.390 e. The van der Waals surface area contributed by atoms with Crippen LogP contribution in [0.15, 0.2) is 47.2 Å². The van der Waals surface area contributed by atoms with Crippen molar-refractivity contribution in [2.45, 2.75) is 57.2 Å². The van der Waals surface area contributed by atoms with Gasteiger partial charge >= 0.3 is 0 Å². The first-order chi connectivity index (χ1) is 18.2. The van der Waals surface area contributed by atoms with Crippen molar-refractivity contribution in [2.24, 2.45) is 5.41 Å². The molecule has 3 fully saturated rings. The third-order valence-corrected chi connectivity index (χ3v) is 8.45. The van der Waals surface area contributed by atoms with Crippen LogP contribution in [0.2, 0.25) is 0 Å². The molecule has 2 N–H and O–H groups in total. The highest BCUT2D eigenvalue weighted by Crippen LogP contribution is 2.56. The van der Waals surface area contributed by atoms with E-state index >= 15 is 0 Å². The second-order valence-electron chi connectivity index (χ2n) is 11.4. The van der Waals surface area contributed by atoms with E-state index in [-0.39, 0.29) is 17.2 Å². The van der Waals surface area contributed by atoms with Gasteiger partial charge in [0, 0.05) is 41.6 Å². The Bertz CT molecular complexity index is 1560. The summed E-state index contributed by atoms with van der Waals surface area (Å²) >= 11 is 0. The number of nitrogens with one attached hydrogen (secondary N) is 1. The normalized spacial score (nSPS) is 22.8. The summed E-state index contributed by atoms with van der Waals surface area (Å²) in [5.41, 5.74) is 4.14. The smallest absolute Gasteiger partial charge is 0.259 e. The molecule has 4 aromatic rings. The van der Waals surface area contributed by atoms with Gasteiger partial charge in [-0.1, -0.05) is 24.2 Å². The zero-order valence-electron chi connectivity index (χ0n) is 21.3. The molecule has 1 spiro atoms. The molecule has 2 saturated carbocycles. The van der Waals surface area contributed by atoms with Crippen molar-refractivity contribution in [2.75, 3.05) is 23.3 Å². The lowest BCUT2D eigenvalue weighted by atomic mass is 9.54.